The zero-order valence-corrected chi connectivity index (χ0v) is 15.1. The van der Waals surface area contributed by atoms with E-state index in [4.69, 9.17) is 0 Å². The highest BCUT2D eigenvalue weighted by Gasteiger charge is 2.22. The Morgan fingerprint density at radius 3 is 2.69 bits per heavy atom. The number of nitrogens with one attached hydrogen (secondary N) is 3. The summed E-state index contributed by atoms with van der Waals surface area (Å²) in [5, 5.41) is 7.65. The summed E-state index contributed by atoms with van der Waals surface area (Å²) in [7, 11) is 0. The van der Waals surface area contributed by atoms with Gasteiger partial charge in [0, 0.05) is 34.5 Å². The van der Waals surface area contributed by atoms with Gasteiger partial charge in [0.05, 0.1) is 23.0 Å². The van der Waals surface area contributed by atoms with Crippen LogP contribution in [-0.4, -0.2) is 28.0 Å². The number of carbonyl (C=O) groups is 2. The van der Waals surface area contributed by atoms with Crippen LogP contribution in [0.1, 0.15) is 26.3 Å². The van der Waals surface area contributed by atoms with Crippen molar-refractivity contribution in [2.24, 2.45) is 5.10 Å². The number of carbonyl (C=O) groups excluding carboxylic acids is 2. The monoisotopic (exact) mass is 381 g/mol. The van der Waals surface area contributed by atoms with Crippen molar-refractivity contribution < 1.29 is 9.59 Å². The highest BCUT2D eigenvalue weighted by Crippen LogP contribution is 2.34. The molecule has 0 fully saturated rings. The molecule has 4 aromatic rings. The minimum absolute atomic E-state index is 0.301. The minimum Gasteiger partial charge on any atom is -0.354 e. The van der Waals surface area contributed by atoms with Crippen LogP contribution in [0.5, 0.6) is 0 Å². The lowest BCUT2D eigenvalue weighted by atomic mass is 10.0. The molecule has 0 radical (unpaired) electrons. The largest absolute Gasteiger partial charge is 0.354 e. The van der Waals surface area contributed by atoms with Crippen molar-refractivity contribution in [3.05, 3.63) is 83.7 Å². The van der Waals surface area contributed by atoms with E-state index in [2.05, 4.69) is 25.8 Å². The third kappa shape index (κ3) is 2.94. The fourth-order valence-electron chi connectivity index (χ4n) is 3.49. The van der Waals surface area contributed by atoms with E-state index in [1.807, 2.05) is 36.4 Å². The SMILES string of the molecule is O=C(Nc1cc2c3c(c(-c4ccccc4)[nH]c3c1)C=NNC2=O)c1cccnc1. The van der Waals surface area contributed by atoms with Crippen LogP contribution in [-0.2, 0) is 0 Å². The molecule has 7 nitrogen and oxygen atoms in total. The number of hydrazone groups is 1. The molecule has 3 N–H and O–H groups in total. The normalized spacial score (nSPS) is 12.5. The predicted molar refractivity (Wildman–Crippen MR) is 111 cm³/mol. The molecule has 0 atom stereocenters. The number of aromatic amines is 1. The van der Waals surface area contributed by atoms with Gasteiger partial charge < -0.3 is 10.3 Å². The van der Waals surface area contributed by atoms with Crippen LogP contribution in [0.15, 0.2) is 72.1 Å². The fourth-order valence-corrected chi connectivity index (χ4v) is 3.49. The van der Waals surface area contributed by atoms with Gasteiger partial charge in [0.25, 0.3) is 11.8 Å². The topological polar surface area (TPSA) is 99.2 Å². The number of pyridine rings is 1. The van der Waals surface area contributed by atoms with Crippen molar-refractivity contribution in [2.45, 2.75) is 0 Å². The molecule has 0 spiro atoms. The number of aromatic nitrogens is 2. The van der Waals surface area contributed by atoms with Gasteiger partial charge in [-0.3, -0.25) is 14.6 Å². The molecule has 2 aromatic carbocycles. The smallest absolute Gasteiger partial charge is 0.272 e. The molecule has 2 amide bonds. The summed E-state index contributed by atoms with van der Waals surface area (Å²) in [6.07, 6.45) is 4.74. The summed E-state index contributed by atoms with van der Waals surface area (Å²) >= 11 is 0. The zero-order valence-electron chi connectivity index (χ0n) is 15.1. The van der Waals surface area contributed by atoms with Crippen molar-refractivity contribution in [1.82, 2.24) is 15.4 Å². The quantitative estimate of drug-likeness (QED) is 0.506. The molecular weight excluding hydrogens is 366 g/mol. The van der Waals surface area contributed by atoms with Gasteiger partial charge in [-0.05, 0) is 29.8 Å². The second-order valence-electron chi connectivity index (χ2n) is 6.62. The van der Waals surface area contributed by atoms with Gasteiger partial charge in [-0.1, -0.05) is 30.3 Å². The standard InChI is InChI=1S/C22H15N5O2/c28-21(14-7-4-8-23-11-14)25-15-9-16-19-17(12-24-27-22(16)29)20(26-18(19)10-15)13-5-2-1-3-6-13/h1-12,26H,(H,25,28)(H,27,29). The number of benzene rings is 2. The Kier molecular flexibility index (Phi) is 3.91. The van der Waals surface area contributed by atoms with E-state index >= 15 is 0 Å². The Balaban J connectivity index is 1.65. The Labute approximate surface area is 165 Å². The van der Waals surface area contributed by atoms with Crippen LogP contribution < -0.4 is 10.7 Å². The highest BCUT2D eigenvalue weighted by atomic mass is 16.2. The van der Waals surface area contributed by atoms with Gasteiger partial charge in [0.1, 0.15) is 0 Å². The van der Waals surface area contributed by atoms with Gasteiger partial charge in [0.15, 0.2) is 0 Å². The first-order valence-electron chi connectivity index (χ1n) is 9.00. The maximum absolute atomic E-state index is 12.6. The van der Waals surface area contributed by atoms with Gasteiger partial charge in [0.2, 0.25) is 0 Å². The van der Waals surface area contributed by atoms with Crippen molar-refractivity contribution in [1.29, 1.82) is 0 Å². The van der Waals surface area contributed by atoms with Gasteiger partial charge in [-0.15, -0.1) is 0 Å². The van der Waals surface area contributed by atoms with E-state index in [1.54, 1.807) is 30.6 Å². The van der Waals surface area contributed by atoms with E-state index in [-0.39, 0.29) is 11.8 Å². The van der Waals surface area contributed by atoms with Crippen molar-refractivity contribution in [2.75, 3.05) is 5.32 Å². The van der Waals surface area contributed by atoms with Crippen LogP contribution >= 0.6 is 0 Å². The fraction of sp³-hybridized carbons (Fsp3) is 0. The lowest BCUT2D eigenvalue weighted by Gasteiger charge is -2.08. The maximum Gasteiger partial charge on any atom is 0.272 e. The molecule has 0 unspecified atom stereocenters. The molecular formula is C22H15N5O2. The molecule has 1 aliphatic heterocycles. The molecule has 1 aliphatic rings. The first kappa shape index (κ1) is 16.9. The van der Waals surface area contributed by atoms with E-state index in [9.17, 15) is 9.59 Å². The Hall–Kier alpha value is -4.26. The number of hydrogen-bond donors (Lipinski definition) is 3. The summed E-state index contributed by atoms with van der Waals surface area (Å²) in [5.41, 5.74) is 7.30. The number of H-pyrrole nitrogens is 1. The number of nitrogens with zero attached hydrogens (tertiary/aromatic N) is 2. The molecule has 0 bridgehead atoms. The molecule has 0 saturated heterocycles. The number of rotatable bonds is 3. The lowest BCUT2D eigenvalue weighted by molar-refractivity contribution is 0.0955. The number of hydrogen-bond acceptors (Lipinski definition) is 4. The summed E-state index contributed by atoms with van der Waals surface area (Å²) < 4.78 is 0. The van der Waals surface area contributed by atoms with Crippen LogP contribution in [0.3, 0.4) is 0 Å². The van der Waals surface area contributed by atoms with Crippen molar-refractivity contribution in [3.8, 4) is 11.3 Å². The molecule has 7 heteroatoms. The molecule has 3 heterocycles. The molecule has 5 rings (SSSR count). The molecule has 140 valence electrons. The van der Waals surface area contributed by atoms with E-state index in [1.165, 1.54) is 6.20 Å². The second-order valence-corrected chi connectivity index (χ2v) is 6.62. The highest BCUT2D eigenvalue weighted by molar-refractivity contribution is 6.18. The van der Waals surface area contributed by atoms with Crippen molar-refractivity contribution >= 4 is 34.6 Å². The van der Waals surface area contributed by atoms with E-state index < -0.39 is 0 Å². The van der Waals surface area contributed by atoms with Crippen LogP contribution in [0.4, 0.5) is 5.69 Å². The third-order valence-corrected chi connectivity index (χ3v) is 4.79. The number of amides is 2. The first-order chi connectivity index (χ1) is 14.2. The average molecular weight is 381 g/mol. The Bertz CT molecular complexity index is 1280. The zero-order chi connectivity index (χ0) is 19.8. The van der Waals surface area contributed by atoms with E-state index in [0.717, 1.165) is 27.7 Å². The molecule has 0 aliphatic carbocycles. The lowest BCUT2D eigenvalue weighted by Crippen LogP contribution is -2.17. The Morgan fingerprint density at radius 2 is 1.90 bits per heavy atom. The molecule has 0 saturated carbocycles. The molecule has 2 aromatic heterocycles. The van der Waals surface area contributed by atoms with E-state index in [0.29, 0.717) is 16.8 Å². The van der Waals surface area contributed by atoms with Gasteiger partial charge >= 0.3 is 0 Å². The second kappa shape index (κ2) is 6.72. The average Bonchev–Trinajstić information content (AvgIpc) is 3.03. The van der Waals surface area contributed by atoms with Crippen LogP contribution in [0.2, 0.25) is 0 Å². The minimum atomic E-state index is -0.332. The van der Waals surface area contributed by atoms with Gasteiger partial charge in [-0.25, -0.2) is 5.43 Å². The summed E-state index contributed by atoms with van der Waals surface area (Å²) in [5.74, 6) is -0.633. The predicted octanol–water partition coefficient (Wildman–Crippen LogP) is 3.56. The molecule has 29 heavy (non-hydrogen) atoms. The van der Waals surface area contributed by atoms with Crippen molar-refractivity contribution in [3.63, 3.8) is 0 Å². The summed E-state index contributed by atoms with van der Waals surface area (Å²) in [4.78, 5) is 32.4. The first-order valence-corrected chi connectivity index (χ1v) is 9.00. The number of anilines is 1. The maximum atomic E-state index is 12.6. The summed E-state index contributed by atoms with van der Waals surface area (Å²) in [6.45, 7) is 0. The summed E-state index contributed by atoms with van der Waals surface area (Å²) in [6, 6.07) is 16.7. The van der Waals surface area contributed by atoms with Crippen LogP contribution in [0, 0.1) is 0 Å². The third-order valence-electron chi connectivity index (χ3n) is 4.79. The van der Waals surface area contributed by atoms with Gasteiger partial charge in [-0.2, -0.15) is 5.10 Å². The Morgan fingerprint density at radius 1 is 1.03 bits per heavy atom. The van der Waals surface area contributed by atoms with Crippen LogP contribution in [0.25, 0.3) is 22.2 Å².